The standard InChI is InChI=1S/C4H9O3S.3C4H9.Na.Sn/c1-2-3-4-8(5,6)7;3*1-3-4-2;;/h1-4H2,(H,5,6,7);3*1,3-4H2,2H3;;/q;;;;+1;/p-1. The van der Waals surface area contributed by atoms with Crippen molar-refractivity contribution in [1.82, 2.24) is 0 Å². The molecular formula is C16H35NaO3SSn. The normalized spacial score (nSPS) is 12.2. The Hall–Kier alpha value is 1.71. The second-order valence-corrected chi connectivity index (χ2v) is 22.3. The maximum atomic E-state index is 10.7. The molecule has 0 amide bonds. The molecule has 0 aromatic rings. The quantitative estimate of drug-likeness (QED) is 0.232. The fourth-order valence-corrected chi connectivity index (χ4v) is 20.3. The van der Waals surface area contributed by atoms with Gasteiger partial charge in [0.05, 0.1) is 0 Å². The van der Waals surface area contributed by atoms with Crippen molar-refractivity contribution in [2.24, 2.45) is 0 Å². The molecule has 22 heavy (non-hydrogen) atoms. The molecule has 0 saturated carbocycles. The Morgan fingerprint density at radius 1 is 0.727 bits per heavy atom. The van der Waals surface area contributed by atoms with Crippen LogP contribution >= 0.6 is 0 Å². The summed E-state index contributed by atoms with van der Waals surface area (Å²) in [5, 5.41) is 0. The fraction of sp³-hybridized carbons (Fsp3) is 1.00. The number of unbranched alkanes of at least 4 members (excludes halogenated alkanes) is 4. The molecule has 0 aliphatic carbocycles. The third kappa shape index (κ3) is 14.1. The van der Waals surface area contributed by atoms with Crippen molar-refractivity contribution in [2.45, 2.75) is 89.9 Å². The molecule has 128 valence electrons. The SMILES string of the molecule is CCC[CH2][Sn]([CH2]CCC)([CH2]CCC)[CH2]CCCS(=O)(=O)[O-].[Na+]. The van der Waals surface area contributed by atoms with E-state index >= 15 is 0 Å². The van der Waals surface area contributed by atoms with Gasteiger partial charge < -0.3 is 0 Å². The van der Waals surface area contributed by atoms with Gasteiger partial charge in [-0.15, -0.1) is 0 Å². The fourth-order valence-electron chi connectivity index (χ4n) is 3.18. The van der Waals surface area contributed by atoms with Crippen molar-refractivity contribution in [2.75, 3.05) is 5.75 Å². The Kier molecular flexibility index (Phi) is 17.7. The molecule has 0 bridgehead atoms. The van der Waals surface area contributed by atoms with E-state index in [9.17, 15) is 13.0 Å². The van der Waals surface area contributed by atoms with Crippen LogP contribution in [0.5, 0.6) is 0 Å². The van der Waals surface area contributed by atoms with E-state index in [1.165, 1.54) is 56.3 Å². The van der Waals surface area contributed by atoms with Gasteiger partial charge in [-0.1, -0.05) is 0 Å². The predicted octanol–water partition coefficient (Wildman–Crippen LogP) is 2.16. The Morgan fingerprint density at radius 3 is 1.41 bits per heavy atom. The summed E-state index contributed by atoms with van der Waals surface area (Å²) in [7, 11) is -4.02. The van der Waals surface area contributed by atoms with Crippen LogP contribution in [0.4, 0.5) is 0 Å². The van der Waals surface area contributed by atoms with Crippen LogP contribution in [-0.4, -0.2) is 37.1 Å². The summed E-state index contributed by atoms with van der Waals surface area (Å²) in [5.41, 5.74) is 0. The second-order valence-electron chi connectivity index (χ2n) is 6.53. The van der Waals surface area contributed by atoms with Crippen molar-refractivity contribution in [1.29, 1.82) is 0 Å². The Morgan fingerprint density at radius 2 is 1.09 bits per heavy atom. The maximum Gasteiger partial charge on any atom is 1.00 e. The summed E-state index contributed by atoms with van der Waals surface area (Å²) in [6, 6.07) is 0. The monoisotopic (exact) mass is 450 g/mol. The van der Waals surface area contributed by atoms with Crippen LogP contribution in [0.15, 0.2) is 0 Å². The van der Waals surface area contributed by atoms with E-state index in [-0.39, 0.29) is 35.3 Å². The molecule has 3 nitrogen and oxygen atoms in total. The van der Waals surface area contributed by atoms with Crippen LogP contribution in [-0.2, 0) is 10.1 Å². The van der Waals surface area contributed by atoms with Crippen molar-refractivity contribution < 1.29 is 42.5 Å². The average Bonchev–Trinajstić information content (AvgIpc) is 2.43. The number of hydrogen-bond donors (Lipinski definition) is 0. The van der Waals surface area contributed by atoms with Gasteiger partial charge >= 0.3 is 167 Å². The second kappa shape index (κ2) is 15.0. The summed E-state index contributed by atoms with van der Waals surface area (Å²) in [6.07, 6.45) is 9.41. The van der Waals surface area contributed by atoms with Crippen LogP contribution in [0, 0.1) is 0 Å². The Balaban J connectivity index is 0. The molecule has 0 radical (unpaired) electrons. The first-order valence-corrected chi connectivity index (χ1v) is 18.5. The molecule has 0 saturated heterocycles. The molecule has 6 heteroatoms. The van der Waals surface area contributed by atoms with E-state index < -0.39 is 28.5 Å². The molecule has 0 aliphatic rings. The van der Waals surface area contributed by atoms with Gasteiger partial charge in [0.2, 0.25) is 0 Å². The van der Waals surface area contributed by atoms with Crippen molar-refractivity contribution >= 4 is 28.5 Å². The van der Waals surface area contributed by atoms with Gasteiger partial charge in [0.1, 0.15) is 0 Å². The zero-order valence-corrected chi connectivity index (χ0v) is 21.0. The predicted molar refractivity (Wildman–Crippen MR) is 93.5 cm³/mol. The van der Waals surface area contributed by atoms with Gasteiger partial charge in [0.15, 0.2) is 0 Å². The van der Waals surface area contributed by atoms with Gasteiger partial charge in [-0.05, 0) is 0 Å². The van der Waals surface area contributed by atoms with E-state index in [4.69, 9.17) is 0 Å². The smallest absolute Gasteiger partial charge is 1.00 e. The van der Waals surface area contributed by atoms with E-state index in [0.717, 1.165) is 6.42 Å². The van der Waals surface area contributed by atoms with E-state index in [0.29, 0.717) is 6.42 Å². The molecule has 0 aromatic carbocycles. The van der Waals surface area contributed by atoms with E-state index in [1.54, 1.807) is 0 Å². The minimum Gasteiger partial charge on any atom is 1.00 e. The van der Waals surface area contributed by atoms with Crippen LogP contribution in [0.2, 0.25) is 17.7 Å². The van der Waals surface area contributed by atoms with Crippen LogP contribution in [0.1, 0.15) is 72.1 Å². The average molecular weight is 449 g/mol. The third-order valence-electron chi connectivity index (χ3n) is 4.53. The molecule has 0 spiro atoms. The number of rotatable bonds is 14. The van der Waals surface area contributed by atoms with E-state index in [1.807, 2.05) is 0 Å². The third-order valence-corrected chi connectivity index (χ3v) is 21.5. The minimum absolute atomic E-state index is 0. The van der Waals surface area contributed by atoms with E-state index in [2.05, 4.69) is 20.8 Å². The largest absolute Gasteiger partial charge is 1.00 e. The zero-order valence-electron chi connectivity index (χ0n) is 15.3. The maximum absolute atomic E-state index is 10.7. The zero-order chi connectivity index (χ0) is 16.2. The first kappa shape index (κ1) is 25.9. The van der Waals surface area contributed by atoms with Crippen LogP contribution in [0.25, 0.3) is 0 Å². The summed E-state index contributed by atoms with van der Waals surface area (Å²) in [5.74, 6) is -0.162. The molecule has 0 N–H and O–H groups in total. The molecule has 0 aliphatic heterocycles. The summed E-state index contributed by atoms with van der Waals surface area (Å²) >= 11 is -2.09. The molecule has 0 aromatic heterocycles. The summed E-state index contributed by atoms with van der Waals surface area (Å²) in [4.78, 5) is 0. The molecule has 0 heterocycles. The summed E-state index contributed by atoms with van der Waals surface area (Å²) in [6.45, 7) is 6.79. The van der Waals surface area contributed by atoms with Gasteiger partial charge in [0, 0.05) is 0 Å². The Labute approximate surface area is 165 Å². The molecule has 0 unspecified atom stereocenters. The van der Waals surface area contributed by atoms with Gasteiger partial charge in [-0.3, -0.25) is 0 Å². The summed E-state index contributed by atoms with van der Waals surface area (Å²) < 4.78 is 37.9. The topological polar surface area (TPSA) is 57.2 Å². The first-order chi connectivity index (χ1) is 9.89. The van der Waals surface area contributed by atoms with Gasteiger partial charge in [-0.2, -0.15) is 0 Å². The molecule has 0 atom stereocenters. The molecule has 0 rings (SSSR count). The number of hydrogen-bond acceptors (Lipinski definition) is 3. The molecule has 0 fully saturated rings. The Bertz CT molecular complexity index is 326. The minimum atomic E-state index is -4.02. The van der Waals surface area contributed by atoms with Gasteiger partial charge in [0.25, 0.3) is 0 Å². The molecular weight excluding hydrogens is 414 g/mol. The van der Waals surface area contributed by atoms with Crippen molar-refractivity contribution in [3.63, 3.8) is 0 Å². The first-order valence-electron chi connectivity index (χ1n) is 8.82. The van der Waals surface area contributed by atoms with Crippen LogP contribution < -0.4 is 29.6 Å². The van der Waals surface area contributed by atoms with Crippen LogP contribution in [0.3, 0.4) is 0 Å². The van der Waals surface area contributed by atoms with Crippen molar-refractivity contribution in [3.8, 4) is 0 Å². The van der Waals surface area contributed by atoms with Gasteiger partial charge in [-0.25, -0.2) is 0 Å². The van der Waals surface area contributed by atoms with Crippen molar-refractivity contribution in [3.05, 3.63) is 0 Å².